The molecule has 0 aliphatic rings. The summed E-state index contributed by atoms with van der Waals surface area (Å²) in [5, 5.41) is 3.22. The first-order chi connectivity index (χ1) is 9.61. The molecule has 108 valence electrons. The van der Waals surface area contributed by atoms with Crippen LogP contribution in [0.15, 0.2) is 36.7 Å². The Morgan fingerprint density at radius 3 is 2.55 bits per heavy atom. The van der Waals surface area contributed by atoms with Crippen LogP contribution >= 0.6 is 0 Å². The maximum atomic E-state index is 12.7. The highest BCUT2D eigenvalue weighted by Crippen LogP contribution is 2.16. The van der Waals surface area contributed by atoms with Crippen molar-refractivity contribution in [2.45, 2.75) is 39.4 Å². The average Bonchev–Trinajstić information content (AvgIpc) is 2.93. The van der Waals surface area contributed by atoms with Crippen molar-refractivity contribution in [1.29, 1.82) is 0 Å². The first kappa shape index (κ1) is 14.7. The number of halogens is 2. The number of benzene rings is 1. The van der Waals surface area contributed by atoms with Crippen LogP contribution in [0.4, 0.5) is 8.78 Å². The van der Waals surface area contributed by atoms with E-state index >= 15 is 0 Å². The number of nitrogens with one attached hydrogen (secondary N) is 1. The molecule has 20 heavy (non-hydrogen) atoms. The van der Waals surface area contributed by atoms with Gasteiger partial charge in [0.2, 0.25) is 0 Å². The fourth-order valence-electron chi connectivity index (χ4n) is 2.06. The van der Waals surface area contributed by atoms with Gasteiger partial charge in [-0.25, -0.2) is 4.98 Å². The van der Waals surface area contributed by atoms with E-state index in [1.807, 2.05) is 6.92 Å². The summed E-state index contributed by atoms with van der Waals surface area (Å²) in [6.45, 7) is 1.89. The monoisotopic (exact) mass is 279 g/mol. The maximum Gasteiger partial charge on any atom is 0.319 e. The van der Waals surface area contributed by atoms with Gasteiger partial charge in [0, 0.05) is 18.4 Å². The minimum atomic E-state index is -2.55. The van der Waals surface area contributed by atoms with Gasteiger partial charge in [-0.05, 0) is 24.5 Å². The molecule has 0 amide bonds. The van der Waals surface area contributed by atoms with Crippen molar-refractivity contribution >= 4 is 0 Å². The van der Waals surface area contributed by atoms with Gasteiger partial charge in [0.05, 0.1) is 6.54 Å². The quantitative estimate of drug-likeness (QED) is 0.874. The molecule has 2 aromatic rings. The molecule has 1 N–H and O–H groups in total. The first-order valence-electron chi connectivity index (χ1n) is 6.74. The third-order valence-corrected chi connectivity index (χ3v) is 3.41. The van der Waals surface area contributed by atoms with E-state index in [9.17, 15) is 8.78 Å². The van der Waals surface area contributed by atoms with E-state index < -0.39 is 6.55 Å². The zero-order chi connectivity index (χ0) is 14.5. The van der Waals surface area contributed by atoms with E-state index in [4.69, 9.17) is 0 Å². The highest BCUT2D eigenvalue weighted by molar-refractivity contribution is 5.24. The average molecular weight is 279 g/mol. The van der Waals surface area contributed by atoms with Crippen molar-refractivity contribution in [2.24, 2.45) is 0 Å². The molecule has 0 aliphatic heterocycles. The molecule has 0 saturated heterocycles. The standard InChI is InChI=1S/C15H19F2N3/c1-3-12-4-6-13(7-5-12)11(2)19-10-14-18-8-9-20(14)15(16)17/h4-9,11,15,19H,3,10H2,1-2H3. The topological polar surface area (TPSA) is 29.9 Å². The highest BCUT2D eigenvalue weighted by Gasteiger charge is 2.12. The summed E-state index contributed by atoms with van der Waals surface area (Å²) < 4.78 is 26.2. The van der Waals surface area contributed by atoms with Gasteiger partial charge in [0.25, 0.3) is 0 Å². The fourth-order valence-corrected chi connectivity index (χ4v) is 2.06. The minimum absolute atomic E-state index is 0.0868. The minimum Gasteiger partial charge on any atom is -0.303 e. The molecule has 1 atom stereocenters. The predicted molar refractivity (Wildman–Crippen MR) is 74.6 cm³/mol. The van der Waals surface area contributed by atoms with Crippen LogP contribution in [-0.2, 0) is 13.0 Å². The Bertz CT molecular complexity index is 534. The fraction of sp³-hybridized carbons (Fsp3) is 0.400. The summed E-state index contributed by atoms with van der Waals surface area (Å²) in [7, 11) is 0. The van der Waals surface area contributed by atoms with Crippen LogP contribution in [0.5, 0.6) is 0 Å². The number of aromatic nitrogens is 2. The Labute approximate surface area is 117 Å². The van der Waals surface area contributed by atoms with Crippen molar-refractivity contribution in [2.75, 3.05) is 0 Å². The summed E-state index contributed by atoms with van der Waals surface area (Å²) in [6, 6.07) is 8.40. The molecule has 2 rings (SSSR count). The van der Waals surface area contributed by atoms with E-state index in [2.05, 4.69) is 41.5 Å². The summed E-state index contributed by atoms with van der Waals surface area (Å²) in [4.78, 5) is 3.95. The number of hydrogen-bond donors (Lipinski definition) is 1. The lowest BCUT2D eigenvalue weighted by Gasteiger charge is -2.15. The molecule has 0 radical (unpaired) electrons. The molecule has 1 aromatic carbocycles. The number of alkyl halides is 2. The van der Waals surface area contributed by atoms with Crippen LogP contribution in [0, 0.1) is 0 Å². The van der Waals surface area contributed by atoms with Crippen LogP contribution < -0.4 is 5.32 Å². The van der Waals surface area contributed by atoms with Gasteiger partial charge in [0.1, 0.15) is 5.82 Å². The van der Waals surface area contributed by atoms with Crippen LogP contribution in [0.3, 0.4) is 0 Å². The largest absolute Gasteiger partial charge is 0.319 e. The van der Waals surface area contributed by atoms with E-state index in [0.29, 0.717) is 12.4 Å². The number of nitrogens with zero attached hydrogens (tertiary/aromatic N) is 2. The molecule has 1 unspecified atom stereocenters. The predicted octanol–water partition coefficient (Wildman–Crippen LogP) is 3.69. The van der Waals surface area contributed by atoms with E-state index in [1.54, 1.807) is 0 Å². The van der Waals surface area contributed by atoms with E-state index in [-0.39, 0.29) is 6.04 Å². The number of rotatable bonds is 6. The lowest BCUT2D eigenvalue weighted by molar-refractivity contribution is 0.0665. The SMILES string of the molecule is CCc1ccc(C(C)NCc2nccn2C(F)F)cc1. The zero-order valence-corrected chi connectivity index (χ0v) is 11.7. The normalized spacial score (nSPS) is 12.8. The van der Waals surface area contributed by atoms with Crippen molar-refractivity contribution in [3.8, 4) is 0 Å². The zero-order valence-electron chi connectivity index (χ0n) is 11.7. The first-order valence-corrected chi connectivity index (χ1v) is 6.74. The van der Waals surface area contributed by atoms with Crippen molar-refractivity contribution in [3.63, 3.8) is 0 Å². The second-order valence-electron chi connectivity index (χ2n) is 4.73. The number of aryl methyl sites for hydroxylation is 1. The summed E-state index contributed by atoms with van der Waals surface area (Å²) >= 11 is 0. The van der Waals surface area contributed by atoms with Crippen molar-refractivity contribution in [1.82, 2.24) is 14.9 Å². The molecule has 1 heterocycles. The molecular formula is C15H19F2N3. The lowest BCUT2D eigenvalue weighted by Crippen LogP contribution is -2.21. The van der Waals surface area contributed by atoms with Gasteiger partial charge in [0.15, 0.2) is 0 Å². The van der Waals surface area contributed by atoms with Gasteiger partial charge in [-0.3, -0.25) is 4.57 Å². The third kappa shape index (κ3) is 3.42. The lowest BCUT2D eigenvalue weighted by atomic mass is 10.1. The van der Waals surface area contributed by atoms with Crippen LogP contribution in [0.1, 0.15) is 43.4 Å². The molecule has 0 bridgehead atoms. The van der Waals surface area contributed by atoms with Crippen molar-refractivity contribution in [3.05, 3.63) is 53.6 Å². The van der Waals surface area contributed by atoms with Crippen molar-refractivity contribution < 1.29 is 8.78 Å². The molecule has 0 spiro atoms. The Morgan fingerprint density at radius 2 is 1.95 bits per heavy atom. The van der Waals surface area contributed by atoms with Gasteiger partial charge in [-0.2, -0.15) is 8.78 Å². The summed E-state index contributed by atoms with van der Waals surface area (Å²) in [5.74, 6) is 0.344. The Morgan fingerprint density at radius 1 is 1.25 bits per heavy atom. The maximum absolute atomic E-state index is 12.7. The van der Waals surface area contributed by atoms with E-state index in [0.717, 1.165) is 16.6 Å². The molecule has 0 aliphatic carbocycles. The third-order valence-electron chi connectivity index (χ3n) is 3.41. The van der Waals surface area contributed by atoms with Gasteiger partial charge in [-0.15, -0.1) is 0 Å². The molecule has 0 saturated carbocycles. The Balaban J connectivity index is 1.97. The number of hydrogen-bond acceptors (Lipinski definition) is 2. The second kappa shape index (κ2) is 6.61. The smallest absolute Gasteiger partial charge is 0.303 e. The molecule has 1 aromatic heterocycles. The molecule has 0 fully saturated rings. The summed E-state index contributed by atoms with van der Waals surface area (Å²) in [5.41, 5.74) is 2.42. The van der Waals surface area contributed by atoms with Crippen LogP contribution in [0.25, 0.3) is 0 Å². The Hall–Kier alpha value is -1.75. The highest BCUT2D eigenvalue weighted by atomic mass is 19.3. The van der Waals surface area contributed by atoms with Gasteiger partial charge < -0.3 is 5.32 Å². The summed E-state index contributed by atoms with van der Waals surface area (Å²) in [6.07, 6.45) is 3.69. The second-order valence-corrected chi connectivity index (χ2v) is 4.73. The van der Waals surface area contributed by atoms with Gasteiger partial charge >= 0.3 is 6.55 Å². The van der Waals surface area contributed by atoms with Crippen LogP contribution in [-0.4, -0.2) is 9.55 Å². The van der Waals surface area contributed by atoms with Crippen LogP contribution in [0.2, 0.25) is 0 Å². The molecule has 3 nitrogen and oxygen atoms in total. The number of imidazole rings is 1. The van der Waals surface area contributed by atoms with Gasteiger partial charge in [-0.1, -0.05) is 31.2 Å². The molecular weight excluding hydrogens is 260 g/mol. The van der Waals surface area contributed by atoms with E-state index in [1.165, 1.54) is 18.0 Å². The Kier molecular flexibility index (Phi) is 4.84. The molecule has 5 heteroatoms.